The smallest absolute Gasteiger partial charge is 0.269 e. The van der Waals surface area contributed by atoms with Crippen LogP contribution in [0.1, 0.15) is 27.0 Å². The largest absolute Gasteiger partial charge is 0.314 e. The second-order valence-electron chi connectivity index (χ2n) is 5.73. The summed E-state index contributed by atoms with van der Waals surface area (Å²) in [6, 6.07) is 8.71. The number of aromatic nitrogens is 1. The van der Waals surface area contributed by atoms with Crippen LogP contribution in [-0.2, 0) is 17.8 Å². The molecule has 24 heavy (non-hydrogen) atoms. The number of carbonyl (C=O) groups excluding carboxylic acids is 2. The molecule has 0 bridgehead atoms. The van der Waals surface area contributed by atoms with Crippen LogP contribution in [-0.4, -0.2) is 23.3 Å². The highest BCUT2D eigenvalue weighted by Crippen LogP contribution is 2.27. The maximum Gasteiger partial charge on any atom is 0.269 e. The average Bonchev–Trinajstić information content (AvgIpc) is 3.00. The molecule has 1 aliphatic heterocycles. The molecule has 0 aliphatic carbocycles. The molecule has 0 fully saturated rings. The van der Waals surface area contributed by atoms with Gasteiger partial charge in [-0.05, 0) is 48.7 Å². The van der Waals surface area contributed by atoms with E-state index < -0.39 is 5.56 Å². The van der Waals surface area contributed by atoms with Crippen molar-refractivity contribution in [1.82, 2.24) is 4.57 Å². The van der Waals surface area contributed by atoms with E-state index in [0.29, 0.717) is 24.1 Å². The van der Waals surface area contributed by atoms with Crippen LogP contribution in [0.5, 0.6) is 0 Å². The Hall–Kier alpha value is -3.20. The van der Waals surface area contributed by atoms with Crippen LogP contribution in [0.4, 0.5) is 5.69 Å². The molecular weight excluding hydrogens is 306 g/mol. The van der Waals surface area contributed by atoms with Crippen molar-refractivity contribution in [3.8, 4) is 6.07 Å². The number of ketones is 1. The minimum atomic E-state index is -0.459. The second kappa shape index (κ2) is 6.13. The fraction of sp³-hybridized carbons (Fsp3) is 0.222. The number of fused-ring (bicyclic) bond motifs is 1. The van der Waals surface area contributed by atoms with Crippen molar-refractivity contribution in [1.29, 1.82) is 5.26 Å². The zero-order chi connectivity index (χ0) is 17.3. The predicted octanol–water partition coefficient (Wildman–Crippen LogP) is 1.43. The Morgan fingerprint density at radius 1 is 1.38 bits per heavy atom. The van der Waals surface area contributed by atoms with Crippen molar-refractivity contribution < 1.29 is 9.59 Å². The number of anilines is 1. The minimum Gasteiger partial charge on any atom is -0.314 e. The first-order chi connectivity index (χ1) is 11.5. The number of nitrogens with zero attached hydrogens (tertiary/aromatic N) is 3. The maximum absolute atomic E-state index is 12.5. The van der Waals surface area contributed by atoms with Crippen LogP contribution in [0.15, 0.2) is 35.3 Å². The lowest BCUT2D eigenvalue weighted by Crippen LogP contribution is -2.26. The number of nitriles is 1. The first-order valence-electron chi connectivity index (χ1n) is 7.53. The van der Waals surface area contributed by atoms with E-state index in [-0.39, 0.29) is 17.9 Å². The molecule has 3 rings (SSSR count). The average molecular weight is 321 g/mol. The van der Waals surface area contributed by atoms with Gasteiger partial charge in [0, 0.05) is 24.0 Å². The van der Waals surface area contributed by atoms with E-state index in [1.807, 2.05) is 6.07 Å². The number of pyridine rings is 1. The summed E-state index contributed by atoms with van der Waals surface area (Å²) in [4.78, 5) is 37.2. The molecule has 6 nitrogen and oxygen atoms in total. The van der Waals surface area contributed by atoms with Crippen LogP contribution in [0, 0.1) is 18.3 Å². The van der Waals surface area contributed by atoms with Gasteiger partial charge in [-0.3, -0.25) is 14.4 Å². The molecule has 6 heteroatoms. The lowest BCUT2D eigenvalue weighted by Gasteiger charge is -2.11. The molecule has 0 saturated heterocycles. The molecule has 0 atom stereocenters. The number of hydrogen-bond acceptors (Lipinski definition) is 4. The Kier molecular flexibility index (Phi) is 4.00. The molecule has 1 aromatic carbocycles. The lowest BCUT2D eigenvalue weighted by atomic mass is 10.0. The molecule has 0 radical (unpaired) electrons. The van der Waals surface area contributed by atoms with Crippen molar-refractivity contribution >= 4 is 17.9 Å². The molecule has 1 aromatic heterocycles. The fourth-order valence-corrected chi connectivity index (χ4v) is 2.88. The van der Waals surface area contributed by atoms with Crippen LogP contribution in [0.2, 0.25) is 0 Å². The van der Waals surface area contributed by atoms with Crippen molar-refractivity contribution in [2.45, 2.75) is 19.9 Å². The zero-order valence-electron chi connectivity index (χ0n) is 13.2. The third kappa shape index (κ3) is 2.61. The fourth-order valence-electron chi connectivity index (χ4n) is 2.88. The molecule has 0 N–H and O–H groups in total. The summed E-state index contributed by atoms with van der Waals surface area (Å²) in [6.45, 7) is 2.18. The Morgan fingerprint density at radius 2 is 2.17 bits per heavy atom. The highest BCUT2D eigenvalue weighted by Gasteiger charge is 2.20. The molecule has 1 aliphatic rings. The number of Topliss-reactive ketones (excluding diaryl/α,β-unsaturated/α-hetero) is 1. The molecule has 2 aromatic rings. The summed E-state index contributed by atoms with van der Waals surface area (Å²) >= 11 is 0. The first kappa shape index (κ1) is 15.7. The monoisotopic (exact) mass is 321 g/mol. The highest BCUT2D eigenvalue weighted by molar-refractivity contribution is 5.97. The van der Waals surface area contributed by atoms with Gasteiger partial charge in [0.2, 0.25) is 6.41 Å². The summed E-state index contributed by atoms with van der Waals surface area (Å²) in [5, 5.41) is 9.05. The first-order valence-corrected chi connectivity index (χ1v) is 7.53. The Morgan fingerprint density at radius 3 is 2.88 bits per heavy atom. The summed E-state index contributed by atoms with van der Waals surface area (Å²) in [6.07, 6.45) is 3.01. The molecule has 2 heterocycles. The van der Waals surface area contributed by atoms with E-state index in [2.05, 4.69) is 0 Å². The van der Waals surface area contributed by atoms with Crippen LogP contribution >= 0.6 is 0 Å². The number of rotatable bonds is 4. The van der Waals surface area contributed by atoms with Gasteiger partial charge in [0.1, 0.15) is 11.6 Å². The normalized spacial score (nSPS) is 12.6. The quantitative estimate of drug-likeness (QED) is 0.630. The summed E-state index contributed by atoms with van der Waals surface area (Å²) in [7, 11) is 0. The van der Waals surface area contributed by atoms with E-state index >= 15 is 0 Å². The van der Waals surface area contributed by atoms with E-state index in [9.17, 15) is 14.4 Å². The van der Waals surface area contributed by atoms with E-state index in [4.69, 9.17) is 5.26 Å². The van der Waals surface area contributed by atoms with Gasteiger partial charge in [-0.1, -0.05) is 0 Å². The van der Waals surface area contributed by atoms with Crippen molar-refractivity contribution in [2.75, 3.05) is 11.4 Å². The maximum atomic E-state index is 12.5. The topological polar surface area (TPSA) is 83.2 Å². The van der Waals surface area contributed by atoms with Gasteiger partial charge >= 0.3 is 0 Å². The summed E-state index contributed by atoms with van der Waals surface area (Å²) < 4.78 is 1.25. The van der Waals surface area contributed by atoms with Crippen LogP contribution < -0.4 is 10.5 Å². The Bertz CT molecular complexity index is 938. The van der Waals surface area contributed by atoms with Gasteiger partial charge in [-0.2, -0.15) is 5.26 Å². The Labute approximate surface area is 138 Å². The second-order valence-corrected chi connectivity index (χ2v) is 5.73. The van der Waals surface area contributed by atoms with Gasteiger partial charge in [0.05, 0.1) is 6.54 Å². The minimum absolute atomic E-state index is 0.0564. The predicted molar refractivity (Wildman–Crippen MR) is 88.0 cm³/mol. The number of carbonyl (C=O) groups is 2. The van der Waals surface area contributed by atoms with Crippen molar-refractivity contribution in [3.63, 3.8) is 0 Å². The third-order valence-electron chi connectivity index (χ3n) is 4.26. The number of amides is 1. The molecule has 0 spiro atoms. The van der Waals surface area contributed by atoms with Gasteiger partial charge in [-0.15, -0.1) is 0 Å². The van der Waals surface area contributed by atoms with Crippen LogP contribution in [0.3, 0.4) is 0 Å². The van der Waals surface area contributed by atoms with Gasteiger partial charge in [0.15, 0.2) is 5.78 Å². The highest BCUT2D eigenvalue weighted by atomic mass is 16.1. The number of hydrogen-bond donors (Lipinski definition) is 0. The summed E-state index contributed by atoms with van der Waals surface area (Å²) in [5.41, 5.74) is 2.45. The third-order valence-corrected chi connectivity index (χ3v) is 4.26. The number of aryl methyl sites for hydroxylation is 1. The lowest BCUT2D eigenvalue weighted by molar-refractivity contribution is -0.107. The zero-order valence-corrected chi connectivity index (χ0v) is 13.2. The van der Waals surface area contributed by atoms with Gasteiger partial charge < -0.3 is 9.47 Å². The summed E-state index contributed by atoms with van der Waals surface area (Å²) in [5.74, 6) is -0.211. The molecular formula is C18H15N3O3. The van der Waals surface area contributed by atoms with Crippen molar-refractivity contribution in [3.05, 3.63) is 63.1 Å². The van der Waals surface area contributed by atoms with E-state index in [1.165, 1.54) is 10.8 Å². The molecule has 0 saturated carbocycles. The standard InChI is InChI=1S/C18H15N3O3/c1-12-4-6-20(18(24)15(12)9-19)10-17(23)14-2-3-16-13(8-14)5-7-21(16)11-22/h2-4,6,8,11H,5,7,10H2,1H3. The number of benzene rings is 1. The van der Waals surface area contributed by atoms with Gasteiger partial charge in [0.25, 0.3) is 5.56 Å². The SMILES string of the molecule is Cc1ccn(CC(=O)c2ccc3c(c2)CCN3C=O)c(=O)c1C#N. The van der Waals surface area contributed by atoms with Crippen molar-refractivity contribution in [2.24, 2.45) is 0 Å². The van der Waals surface area contributed by atoms with E-state index in [1.54, 1.807) is 36.1 Å². The molecule has 0 unspecified atom stereocenters. The molecule has 120 valence electrons. The van der Waals surface area contributed by atoms with E-state index in [0.717, 1.165) is 17.7 Å². The van der Waals surface area contributed by atoms with Gasteiger partial charge in [-0.25, -0.2) is 0 Å². The van der Waals surface area contributed by atoms with Crippen LogP contribution in [0.25, 0.3) is 0 Å². The Balaban J connectivity index is 1.88. The molecule has 1 amide bonds.